The first-order chi connectivity index (χ1) is 18.2. The number of benzene rings is 2. The smallest absolute Gasteiger partial charge is 0.371 e. The molecule has 196 valence electrons. The van der Waals surface area contributed by atoms with Crippen LogP contribution in [0.4, 0.5) is 36.2 Å². The van der Waals surface area contributed by atoms with Crippen LogP contribution in [0.25, 0.3) is 22.3 Å². The number of piperidine rings is 1. The summed E-state index contributed by atoms with van der Waals surface area (Å²) in [7, 11) is 0. The fraction of sp³-hybridized carbons (Fsp3) is 0.259. The fourth-order valence-electron chi connectivity index (χ4n) is 4.51. The summed E-state index contributed by atoms with van der Waals surface area (Å²) in [5, 5.41) is 11.4. The van der Waals surface area contributed by atoms with E-state index in [1.165, 1.54) is 6.07 Å². The minimum Gasteiger partial charge on any atom is -0.371 e. The summed E-state index contributed by atoms with van der Waals surface area (Å²) in [4.78, 5) is 22.8. The lowest BCUT2D eigenvalue weighted by molar-refractivity contribution is -0.139. The maximum atomic E-state index is 13.8. The molecule has 2 aromatic heterocycles. The van der Waals surface area contributed by atoms with Crippen LogP contribution in [0.3, 0.4) is 0 Å². The number of hydrogen-bond donors (Lipinski definition) is 3. The van der Waals surface area contributed by atoms with Crippen molar-refractivity contribution in [1.29, 1.82) is 0 Å². The van der Waals surface area contributed by atoms with E-state index in [0.29, 0.717) is 22.9 Å². The molecular formula is C27H26F3N7O. The van der Waals surface area contributed by atoms with E-state index in [0.717, 1.165) is 37.7 Å². The van der Waals surface area contributed by atoms with Gasteiger partial charge in [-0.15, -0.1) is 0 Å². The van der Waals surface area contributed by atoms with E-state index in [-0.39, 0.29) is 22.7 Å². The molecule has 3 heterocycles. The molecule has 0 bridgehead atoms. The highest BCUT2D eigenvalue weighted by molar-refractivity contribution is 6.00. The number of carbonyl (C=O) groups is 1. The van der Waals surface area contributed by atoms with Gasteiger partial charge in [0.2, 0.25) is 11.9 Å². The molecule has 0 aliphatic carbocycles. The van der Waals surface area contributed by atoms with Gasteiger partial charge in [0.25, 0.3) is 0 Å². The van der Waals surface area contributed by atoms with Crippen LogP contribution in [0.1, 0.15) is 25.5 Å². The SMILES string of the molecule is C=CC(=O)Nc1cccc(-c2nc(Nc3cccc(N4CCC(C)CC4)c3)nc3n[nH]c(C(F)(F)F)c23)c1. The molecule has 11 heteroatoms. The second-order valence-corrected chi connectivity index (χ2v) is 9.31. The Hall–Kier alpha value is -4.41. The van der Waals surface area contributed by atoms with Gasteiger partial charge in [0.15, 0.2) is 11.3 Å². The van der Waals surface area contributed by atoms with Gasteiger partial charge in [0, 0.05) is 35.7 Å². The van der Waals surface area contributed by atoms with Crippen LogP contribution < -0.4 is 15.5 Å². The molecule has 0 radical (unpaired) electrons. The summed E-state index contributed by atoms with van der Waals surface area (Å²) < 4.78 is 41.5. The highest BCUT2D eigenvalue weighted by Gasteiger charge is 2.37. The predicted octanol–water partition coefficient (Wildman–Crippen LogP) is 6.14. The summed E-state index contributed by atoms with van der Waals surface area (Å²) in [5.41, 5.74) is 1.33. The van der Waals surface area contributed by atoms with Crippen molar-refractivity contribution in [1.82, 2.24) is 20.2 Å². The summed E-state index contributed by atoms with van der Waals surface area (Å²) in [6, 6.07) is 14.2. The molecule has 2 aromatic carbocycles. The molecule has 1 aliphatic rings. The van der Waals surface area contributed by atoms with E-state index < -0.39 is 17.8 Å². The minimum atomic E-state index is -4.70. The average molecular weight is 522 g/mol. The normalized spacial score (nSPS) is 14.5. The van der Waals surface area contributed by atoms with Crippen molar-refractivity contribution in [2.45, 2.75) is 25.9 Å². The molecule has 0 unspecified atom stereocenters. The molecule has 5 rings (SSSR count). The molecule has 1 aliphatic heterocycles. The zero-order valence-electron chi connectivity index (χ0n) is 20.6. The summed E-state index contributed by atoms with van der Waals surface area (Å²) in [5.74, 6) is 0.350. The van der Waals surface area contributed by atoms with Crippen LogP contribution in [-0.4, -0.2) is 39.2 Å². The molecule has 1 saturated heterocycles. The second-order valence-electron chi connectivity index (χ2n) is 9.31. The van der Waals surface area contributed by atoms with Crippen LogP contribution in [0.5, 0.6) is 0 Å². The highest BCUT2D eigenvalue weighted by atomic mass is 19.4. The van der Waals surface area contributed by atoms with Gasteiger partial charge in [-0.25, -0.2) is 4.98 Å². The maximum absolute atomic E-state index is 13.8. The van der Waals surface area contributed by atoms with Crippen molar-refractivity contribution in [3.63, 3.8) is 0 Å². The van der Waals surface area contributed by atoms with Gasteiger partial charge in [-0.1, -0.05) is 31.7 Å². The number of nitrogens with one attached hydrogen (secondary N) is 3. The number of H-pyrrole nitrogens is 1. The average Bonchev–Trinajstić information content (AvgIpc) is 3.34. The van der Waals surface area contributed by atoms with Gasteiger partial charge in [-0.3, -0.25) is 9.89 Å². The van der Waals surface area contributed by atoms with Gasteiger partial charge < -0.3 is 15.5 Å². The molecule has 0 atom stereocenters. The van der Waals surface area contributed by atoms with Gasteiger partial charge in [0.1, 0.15) is 0 Å². The molecule has 3 N–H and O–H groups in total. The van der Waals surface area contributed by atoms with E-state index in [9.17, 15) is 18.0 Å². The number of aromatic nitrogens is 4. The lowest BCUT2D eigenvalue weighted by Gasteiger charge is -2.32. The monoisotopic (exact) mass is 521 g/mol. The van der Waals surface area contributed by atoms with Crippen LogP contribution in [0.15, 0.2) is 61.2 Å². The zero-order chi connectivity index (χ0) is 26.9. The fourth-order valence-corrected chi connectivity index (χ4v) is 4.51. The Labute approximate surface area is 217 Å². The number of anilines is 4. The summed E-state index contributed by atoms with van der Waals surface area (Å²) in [6.45, 7) is 7.60. The third kappa shape index (κ3) is 5.31. The van der Waals surface area contributed by atoms with E-state index in [1.807, 2.05) is 24.3 Å². The number of carbonyl (C=O) groups excluding carboxylic acids is 1. The number of alkyl halides is 3. The molecule has 8 nitrogen and oxygen atoms in total. The number of amides is 1. The van der Waals surface area contributed by atoms with E-state index in [1.54, 1.807) is 18.2 Å². The summed E-state index contributed by atoms with van der Waals surface area (Å²) >= 11 is 0. The van der Waals surface area contributed by atoms with Crippen molar-refractivity contribution in [2.24, 2.45) is 5.92 Å². The van der Waals surface area contributed by atoms with Crippen molar-refractivity contribution in [3.05, 3.63) is 66.9 Å². The lowest BCUT2D eigenvalue weighted by Crippen LogP contribution is -2.32. The molecular weight excluding hydrogens is 495 g/mol. The van der Waals surface area contributed by atoms with Crippen LogP contribution >= 0.6 is 0 Å². The molecule has 0 spiro atoms. The van der Waals surface area contributed by atoms with Crippen molar-refractivity contribution in [3.8, 4) is 11.3 Å². The Kier molecular flexibility index (Phi) is 6.75. The Morgan fingerprint density at radius 3 is 2.58 bits per heavy atom. The van der Waals surface area contributed by atoms with E-state index in [2.05, 4.69) is 49.2 Å². The first kappa shape index (κ1) is 25.2. The largest absolute Gasteiger partial charge is 0.433 e. The number of rotatable bonds is 6. The third-order valence-electron chi connectivity index (χ3n) is 6.54. The number of nitrogens with zero attached hydrogens (tertiary/aromatic N) is 4. The predicted molar refractivity (Wildman–Crippen MR) is 141 cm³/mol. The van der Waals surface area contributed by atoms with Crippen LogP contribution in [-0.2, 0) is 11.0 Å². The molecule has 38 heavy (non-hydrogen) atoms. The van der Waals surface area contributed by atoms with Crippen LogP contribution in [0, 0.1) is 5.92 Å². The highest BCUT2D eigenvalue weighted by Crippen LogP contribution is 2.38. The Bertz CT molecular complexity index is 1490. The quantitative estimate of drug-likeness (QED) is 0.264. The van der Waals surface area contributed by atoms with Gasteiger partial charge in [-0.2, -0.15) is 23.3 Å². The van der Waals surface area contributed by atoms with Crippen LogP contribution in [0.2, 0.25) is 0 Å². The lowest BCUT2D eigenvalue weighted by atomic mass is 9.99. The first-order valence-electron chi connectivity index (χ1n) is 12.2. The molecule has 0 saturated carbocycles. The van der Waals surface area contributed by atoms with E-state index in [4.69, 9.17) is 0 Å². The maximum Gasteiger partial charge on any atom is 0.433 e. The topological polar surface area (TPSA) is 98.8 Å². The first-order valence-corrected chi connectivity index (χ1v) is 12.2. The third-order valence-corrected chi connectivity index (χ3v) is 6.54. The second kappa shape index (κ2) is 10.2. The number of aromatic amines is 1. The Morgan fingerprint density at radius 2 is 1.84 bits per heavy atom. The molecule has 4 aromatic rings. The molecule has 1 fully saturated rings. The standard InChI is InChI=1S/C27H26F3N7O/c1-3-21(38)31-18-7-4-6-17(14-18)23-22-24(27(28,29)30)35-36-25(22)34-26(33-23)32-19-8-5-9-20(15-19)37-12-10-16(2)11-13-37/h3-9,14-16H,1,10-13H2,2H3,(H,31,38)(H2,32,33,34,35,36). The van der Waals surface area contributed by atoms with Gasteiger partial charge >= 0.3 is 6.18 Å². The Morgan fingerprint density at radius 1 is 1.11 bits per heavy atom. The van der Waals surface area contributed by atoms with Gasteiger partial charge in [-0.05, 0) is 55.2 Å². The van der Waals surface area contributed by atoms with Crippen molar-refractivity contribution < 1.29 is 18.0 Å². The van der Waals surface area contributed by atoms with Crippen molar-refractivity contribution in [2.75, 3.05) is 28.6 Å². The van der Waals surface area contributed by atoms with E-state index >= 15 is 0 Å². The Balaban J connectivity index is 1.55. The molecule has 1 amide bonds. The number of halogens is 3. The number of hydrogen-bond acceptors (Lipinski definition) is 6. The zero-order valence-corrected chi connectivity index (χ0v) is 20.6. The summed E-state index contributed by atoms with van der Waals surface area (Å²) in [6.07, 6.45) is -1.35. The minimum absolute atomic E-state index is 0.0226. The van der Waals surface area contributed by atoms with Gasteiger partial charge in [0.05, 0.1) is 11.1 Å². The van der Waals surface area contributed by atoms with Crippen molar-refractivity contribution >= 4 is 40.0 Å². The number of fused-ring (bicyclic) bond motifs is 1.